The molecule has 6 heteroatoms. The number of hydrogen-bond donors (Lipinski definition) is 1. The third kappa shape index (κ3) is 2.62. The number of benzene rings is 1. The third-order valence-corrected chi connectivity index (χ3v) is 4.31. The second kappa shape index (κ2) is 5.53. The minimum Gasteiger partial charge on any atom is -0.330 e. The summed E-state index contributed by atoms with van der Waals surface area (Å²) in [5.41, 5.74) is 1.60. The maximum atomic E-state index is 12.8. The minimum atomic E-state index is -0.00937. The summed E-state index contributed by atoms with van der Waals surface area (Å²) >= 11 is 0. The highest BCUT2D eigenvalue weighted by atomic mass is 16.2. The predicted molar refractivity (Wildman–Crippen MR) is 81.3 cm³/mol. The van der Waals surface area contributed by atoms with Gasteiger partial charge < -0.3 is 10.2 Å². The molecule has 2 heterocycles. The molecule has 0 atom stereocenters. The number of hydrogen-bond acceptors (Lipinski definition) is 4. The van der Waals surface area contributed by atoms with Gasteiger partial charge in [0.25, 0.3) is 5.91 Å². The Balaban J connectivity index is 1.51. The van der Waals surface area contributed by atoms with E-state index in [9.17, 15) is 4.79 Å². The van der Waals surface area contributed by atoms with Gasteiger partial charge in [0.05, 0.1) is 12.2 Å². The molecule has 2 aromatic rings. The molecule has 0 spiro atoms. The lowest BCUT2D eigenvalue weighted by Crippen LogP contribution is -2.43. The van der Waals surface area contributed by atoms with Gasteiger partial charge in [-0.05, 0) is 18.4 Å². The van der Waals surface area contributed by atoms with Gasteiger partial charge in [0, 0.05) is 25.7 Å². The molecular weight excluding hydrogens is 278 g/mol. The Hall–Kier alpha value is -2.21. The van der Waals surface area contributed by atoms with E-state index >= 15 is 0 Å². The Kier molecular flexibility index (Phi) is 3.38. The van der Waals surface area contributed by atoms with Crippen LogP contribution in [0.4, 0.5) is 0 Å². The molecule has 0 unspecified atom stereocenters. The van der Waals surface area contributed by atoms with Crippen molar-refractivity contribution in [3.8, 4) is 0 Å². The second-order valence-corrected chi connectivity index (χ2v) is 6.05. The quantitative estimate of drug-likeness (QED) is 0.901. The molecular formula is C16H19N5O. The van der Waals surface area contributed by atoms with E-state index in [0.717, 1.165) is 31.5 Å². The number of carbonyl (C=O) groups excluding carboxylic acids is 1. The normalized spacial score (nSPS) is 18.0. The molecule has 1 aliphatic heterocycles. The Bertz CT molecular complexity index is 660. The van der Waals surface area contributed by atoms with Crippen molar-refractivity contribution in [1.29, 1.82) is 0 Å². The molecule has 2 fully saturated rings. The van der Waals surface area contributed by atoms with Gasteiger partial charge in [-0.1, -0.05) is 35.5 Å². The van der Waals surface area contributed by atoms with E-state index in [1.807, 2.05) is 23.1 Å². The van der Waals surface area contributed by atoms with Crippen molar-refractivity contribution in [1.82, 2.24) is 25.2 Å². The summed E-state index contributed by atoms with van der Waals surface area (Å²) < 4.78 is 1.80. The molecule has 114 valence electrons. The van der Waals surface area contributed by atoms with Crippen molar-refractivity contribution in [3.05, 3.63) is 47.8 Å². The van der Waals surface area contributed by atoms with Crippen LogP contribution in [0, 0.1) is 0 Å². The van der Waals surface area contributed by atoms with Crippen molar-refractivity contribution >= 4 is 5.91 Å². The fourth-order valence-corrected chi connectivity index (χ4v) is 2.69. The van der Waals surface area contributed by atoms with Crippen LogP contribution in [0.1, 0.15) is 34.9 Å². The highest BCUT2D eigenvalue weighted by Crippen LogP contribution is 2.29. The fourth-order valence-electron chi connectivity index (χ4n) is 2.69. The van der Waals surface area contributed by atoms with E-state index in [0.29, 0.717) is 24.3 Å². The van der Waals surface area contributed by atoms with Gasteiger partial charge in [0.15, 0.2) is 5.69 Å². The first-order chi connectivity index (χ1) is 10.8. The van der Waals surface area contributed by atoms with E-state index in [4.69, 9.17) is 0 Å². The van der Waals surface area contributed by atoms with Crippen LogP contribution < -0.4 is 5.32 Å². The predicted octanol–water partition coefficient (Wildman–Crippen LogP) is 1.23. The SMILES string of the molecule is O=C(c1cn(C2CNC2)nn1)N(Cc1ccccc1)C1CC1. The van der Waals surface area contributed by atoms with Crippen LogP contribution in [0.2, 0.25) is 0 Å². The van der Waals surface area contributed by atoms with E-state index in [-0.39, 0.29) is 5.91 Å². The molecule has 1 aliphatic carbocycles. The Morgan fingerprint density at radius 1 is 1.27 bits per heavy atom. The first kappa shape index (κ1) is 13.5. The first-order valence-electron chi connectivity index (χ1n) is 7.79. The largest absolute Gasteiger partial charge is 0.330 e. The van der Waals surface area contributed by atoms with Gasteiger partial charge in [-0.3, -0.25) is 4.79 Å². The van der Waals surface area contributed by atoms with Crippen LogP contribution in [-0.4, -0.2) is 44.9 Å². The molecule has 1 saturated carbocycles. The number of nitrogens with one attached hydrogen (secondary N) is 1. The standard InChI is InChI=1S/C16H19N5O/c22-16(15-11-21(19-18-15)14-8-17-9-14)20(13-6-7-13)10-12-4-2-1-3-5-12/h1-5,11,13-14,17H,6-10H2. The van der Waals surface area contributed by atoms with Gasteiger partial charge in [-0.2, -0.15) is 0 Å². The lowest BCUT2D eigenvalue weighted by molar-refractivity contribution is 0.0723. The fraction of sp³-hybridized carbons (Fsp3) is 0.438. The number of nitrogens with zero attached hydrogens (tertiary/aromatic N) is 4. The van der Waals surface area contributed by atoms with E-state index in [1.54, 1.807) is 10.9 Å². The van der Waals surface area contributed by atoms with Crippen LogP contribution in [0.5, 0.6) is 0 Å². The number of amides is 1. The lowest BCUT2D eigenvalue weighted by Gasteiger charge is -2.26. The van der Waals surface area contributed by atoms with Crippen LogP contribution in [0.3, 0.4) is 0 Å². The van der Waals surface area contributed by atoms with Gasteiger partial charge in [0.1, 0.15) is 0 Å². The average molecular weight is 297 g/mol. The highest BCUT2D eigenvalue weighted by molar-refractivity contribution is 5.92. The van der Waals surface area contributed by atoms with Crippen LogP contribution in [0.25, 0.3) is 0 Å². The highest BCUT2D eigenvalue weighted by Gasteiger charge is 2.34. The van der Waals surface area contributed by atoms with E-state index in [1.165, 1.54) is 0 Å². The molecule has 4 rings (SSSR count). The molecule has 6 nitrogen and oxygen atoms in total. The van der Waals surface area contributed by atoms with Crippen molar-refractivity contribution in [2.75, 3.05) is 13.1 Å². The molecule has 0 radical (unpaired) electrons. The number of rotatable bonds is 5. The molecule has 1 aromatic heterocycles. The van der Waals surface area contributed by atoms with Gasteiger partial charge in [0.2, 0.25) is 0 Å². The second-order valence-electron chi connectivity index (χ2n) is 6.05. The molecule has 2 aliphatic rings. The number of carbonyl (C=O) groups is 1. The summed E-state index contributed by atoms with van der Waals surface area (Å²) in [7, 11) is 0. The molecule has 1 N–H and O–H groups in total. The number of aromatic nitrogens is 3. The minimum absolute atomic E-state index is 0.00937. The lowest BCUT2D eigenvalue weighted by atomic mass is 10.2. The monoisotopic (exact) mass is 297 g/mol. The maximum absolute atomic E-state index is 12.8. The Morgan fingerprint density at radius 3 is 2.68 bits per heavy atom. The van der Waals surface area contributed by atoms with Crippen LogP contribution in [0.15, 0.2) is 36.5 Å². The first-order valence-corrected chi connectivity index (χ1v) is 7.79. The van der Waals surface area contributed by atoms with Crippen molar-refractivity contribution in [2.24, 2.45) is 0 Å². The zero-order valence-electron chi connectivity index (χ0n) is 12.4. The molecule has 1 amide bonds. The third-order valence-electron chi connectivity index (χ3n) is 4.31. The molecule has 1 saturated heterocycles. The Morgan fingerprint density at radius 2 is 2.05 bits per heavy atom. The summed E-state index contributed by atoms with van der Waals surface area (Å²) in [6, 6.07) is 10.8. The molecule has 0 bridgehead atoms. The molecule has 22 heavy (non-hydrogen) atoms. The maximum Gasteiger partial charge on any atom is 0.276 e. The topological polar surface area (TPSA) is 63.1 Å². The summed E-state index contributed by atoms with van der Waals surface area (Å²) in [4.78, 5) is 14.7. The van der Waals surface area contributed by atoms with Gasteiger partial charge in [-0.15, -0.1) is 5.10 Å². The van der Waals surface area contributed by atoms with E-state index in [2.05, 4.69) is 27.8 Å². The smallest absolute Gasteiger partial charge is 0.276 e. The van der Waals surface area contributed by atoms with Gasteiger partial charge in [-0.25, -0.2) is 4.68 Å². The van der Waals surface area contributed by atoms with Crippen molar-refractivity contribution < 1.29 is 4.79 Å². The van der Waals surface area contributed by atoms with Crippen molar-refractivity contribution in [3.63, 3.8) is 0 Å². The molecule has 1 aromatic carbocycles. The van der Waals surface area contributed by atoms with Crippen molar-refractivity contribution in [2.45, 2.75) is 31.5 Å². The van der Waals surface area contributed by atoms with Gasteiger partial charge >= 0.3 is 0 Å². The summed E-state index contributed by atoms with van der Waals surface area (Å²) in [6.45, 7) is 2.43. The average Bonchev–Trinajstić information content (AvgIpc) is 3.22. The van der Waals surface area contributed by atoms with Crippen LogP contribution >= 0.6 is 0 Å². The Labute approximate surface area is 129 Å². The zero-order chi connectivity index (χ0) is 14.9. The summed E-state index contributed by atoms with van der Waals surface area (Å²) in [5.74, 6) is -0.00937. The van der Waals surface area contributed by atoms with E-state index < -0.39 is 0 Å². The summed E-state index contributed by atoms with van der Waals surface area (Å²) in [5, 5.41) is 11.4. The zero-order valence-corrected chi connectivity index (χ0v) is 12.4. The van der Waals surface area contributed by atoms with Crippen LogP contribution in [-0.2, 0) is 6.54 Å². The summed E-state index contributed by atoms with van der Waals surface area (Å²) in [6.07, 6.45) is 3.95.